The van der Waals surface area contributed by atoms with E-state index in [1.165, 1.54) is 16.0 Å². The number of hydrogen-bond donors (Lipinski definition) is 0. The molecule has 0 spiro atoms. The highest BCUT2D eigenvalue weighted by Gasteiger charge is 2.24. The molecule has 152 valence electrons. The Labute approximate surface area is 174 Å². The predicted octanol–water partition coefficient (Wildman–Crippen LogP) is 3.86. The summed E-state index contributed by atoms with van der Waals surface area (Å²) in [6.45, 7) is 1.02. The van der Waals surface area contributed by atoms with Gasteiger partial charge in [0, 0.05) is 32.4 Å². The number of ether oxygens (including phenoxy) is 1. The van der Waals surface area contributed by atoms with Gasteiger partial charge in [-0.15, -0.1) is 0 Å². The number of halogens is 1. The fourth-order valence-electron chi connectivity index (χ4n) is 2.75. The molecule has 0 N–H and O–H groups in total. The van der Waals surface area contributed by atoms with Crippen LogP contribution in [0.4, 0.5) is 0 Å². The van der Waals surface area contributed by atoms with E-state index in [2.05, 4.69) is 49.3 Å². The van der Waals surface area contributed by atoms with Gasteiger partial charge in [-0.1, -0.05) is 47.6 Å². The summed E-state index contributed by atoms with van der Waals surface area (Å²) in [6, 6.07) is 12.4. The van der Waals surface area contributed by atoms with Gasteiger partial charge in [0.15, 0.2) is 0 Å². The van der Waals surface area contributed by atoms with Crippen molar-refractivity contribution in [3.8, 4) is 5.75 Å². The van der Waals surface area contributed by atoms with Crippen molar-refractivity contribution >= 4 is 39.3 Å². The molecule has 0 atom stereocenters. The van der Waals surface area contributed by atoms with Gasteiger partial charge in [-0.25, -0.2) is 0 Å². The van der Waals surface area contributed by atoms with Crippen LogP contribution in [0.3, 0.4) is 0 Å². The largest absolute Gasteiger partial charge is 0.759 e. The van der Waals surface area contributed by atoms with E-state index in [1.54, 1.807) is 18.9 Å². The first-order valence-corrected chi connectivity index (χ1v) is 10.8. The Hall–Kier alpha value is -1.55. The van der Waals surface area contributed by atoms with E-state index in [0.717, 1.165) is 29.2 Å². The third kappa shape index (κ3) is 6.51. The van der Waals surface area contributed by atoms with Crippen molar-refractivity contribution in [1.82, 2.24) is 4.90 Å². The zero-order chi connectivity index (χ0) is 20.9. The topological polar surface area (TPSA) is 92.7 Å². The van der Waals surface area contributed by atoms with Gasteiger partial charge in [0.2, 0.25) is 0 Å². The van der Waals surface area contributed by atoms with Crippen LogP contribution >= 0.6 is 23.4 Å². The Morgan fingerprint density at radius 2 is 1.82 bits per heavy atom. The van der Waals surface area contributed by atoms with E-state index in [0.29, 0.717) is 5.02 Å². The predicted molar refractivity (Wildman–Crippen MR) is 109 cm³/mol. The lowest BCUT2D eigenvalue weighted by atomic mass is 9.95. The van der Waals surface area contributed by atoms with Crippen LogP contribution in [-0.2, 0) is 10.4 Å². The van der Waals surface area contributed by atoms with E-state index in [1.807, 2.05) is 12.1 Å². The second kappa shape index (κ2) is 9.78. The molecular weight excluding hydrogens is 422 g/mol. The van der Waals surface area contributed by atoms with Crippen molar-refractivity contribution in [3.05, 3.63) is 58.6 Å². The van der Waals surface area contributed by atoms with Crippen molar-refractivity contribution in [2.45, 2.75) is 16.2 Å². The Morgan fingerprint density at radius 3 is 2.43 bits per heavy atom. The second-order valence-corrected chi connectivity index (χ2v) is 8.51. The molecule has 1 aliphatic rings. The minimum Gasteiger partial charge on any atom is -0.759 e. The highest BCUT2D eigenvalue weighted by Crippen LogP contribution is 2.50. The zero-order valence-corrected chi connectivity index (χ0v) is 18.0. The molecule has 28 heavy (non-hydrogen) atoms. The van der Waals surface area contributed by atoms with E-state index in [-0.39, 0.29) is 0 Å². The Balaban J connectivity index is 0.000000500. The lowest BCUT2D eigenvalue weighted by molar-refractivity contribution is 0.352. The van der Waals surface area contributed by atoms with Gasteiger partial charge < -0.3 is 18.7 Å². The average Bonchev–Trinajstić information content (AvgIpc) is 2.59. The standard InChI is InChI=1S/C19H20ClNOS.H2O4S/c1-21(2)10-6-8-14-15-7-4-5-9-18(15)23-19-16(14)11-13(20)12-17(19)22-3;1-5(2,3)4/h4-5,7-9,11-12H,6,10H2,1-3H3;(H2,1,2,3,4)/p-2/b14-8+;. The number of nitrogens with zero attached hydrogens (tertiary/aromatic N) is 1. The summed E-state index contributed by atoms with van der Waals surface area (Å²) in [4.78, 5) is 4.60. The quantitative estimate of drug-likeness (QED) is 0.448. The number of methoxy groups -OCH3 is 1. The fourth-order valence-corrected chi connectivity index (χ4v) is 4.13. The van der Waals surface area contributed by atoms with Gasteiger partial charge in [-0.2, -0.15) is 0 Å². The average molecular weight is 442 g/mol. The van der Waals surface area contributed by atoms with Gasteiger partial charge >= 0.3 is 0 Å². The molecule has 0 amide bonds. The molecule has 1 heterocycles. The summed E-state index contributed by atoms with van der Waals surface area (Å²) in [5, 5.41) is 0.707. The van der Waals surface area contributed by atoms with Crippen LogP contribution in [0.15, 0.2) is 52.3 Å². The van der Waals surface area contributed by atoms with Crippen molar-refractivity contribution in [2.75, 3.05) is 27.7 Å². The molecule has 0 fully saturated rings. The van der Waals surface area contributed by atoms with E-state index < -0.39 is 10.4 Å². The number of hydrogen-bond acceptors (Lipinski definition) is 7. The zero-order valence-electron chi connectivity index (χ0n) is 15.6. The normalized spacial score (nSPS) is 14.2. The molecule has 2 aromatic carbocycles. The van der Waals surface area contributed by atoms with Crippen LogP contribution < -0.4 is 4.74 Å². The molecular formula is C19H20ClNO5S2-2. The molecule has 2 aromatic rings. The van der Waals surface area contributed by atoms with Crippen molar-refractivity contribution < 1.29 is 22.3 Å². The number of fused-ring (bicyclic) bond motifs is 2. The van der Waals surface area contributed by atoms with E-state index >= 15 is 0 Å². The minimum absolute atomic E-state index is 0.707. The van der Waals surface area contributed by atoms with Gasteiger partial charge in [0.05, 0.1) is 12.0 Å². The Bertz CT molecular complexity index is 966. The lowest BCUT2D eigenvalue weighted by Crippen LogP contribution is -2.12. The molecule has 3 rings (SSSR count). The number of rotatable bonds is 4. The first-order valence-electron chi connectivity index (χ1n) is 8.27. The first-order chi connectivity index (χ1) is 13.1. The maximum absolute atomic E-state index is 8.52. The third-order valence-electron chi connectivity index (χ3n) is 3.84. The molecule has 0 bridgehead atoms. The highest BCUT2D eigenvalue weighted by molar-refractivity contribution is 7.99. The maximum atomic E-state index is 8.52. The van der Waals surface area contributed by atoms with Crippen LogP contribution in [0.1, 0.15) is 17.5 Å². The van der Waals surface area contributed by atoms with Crippen molar-refractivity contribution in [3.63, 3.8) is 0 Å². The van der Waals surface area contributed by atoms with Crippen LogP contribution in [0.2, 0.25) is 5.02 Å². The van der Waals surface area contributed by atoms with Crippen molar-refractivity contribution in [2.24, 2.45) is 0 Å². The summed E-state index contributed by atoms with van der Waals surface area (Å²) in [6.07, 6.45) is 3.31. The van der Waals surface area contributed by atoms with Gasteiger partial charge in [0.1, 0.15) is 5.75 Å². The van der Waals surface area contributed by atoms with Gasteiger partial charge in [-0.3, -0.25) is 8.42 Å². The second-order valence-electron chi connectivity index (χ2n) is 6.20. The maximum Gasteiger partial charge on any atom is 0.134 e. The molecule has 0 unspecified atom stereocenters. The van der Waals surface area contributed by atoms with Crippen LogP contribution in [-0.4, -0.2) is 50.2 Å². The summed E-state index contributed by atoms with van der Waals surface area (Å²) >= 11 is 8.06. The van der Waals surface area contributed by atoms with E-state index in [9.17, 15) is 0 Å². The molecule has 0 saturated carbocycles. The minimum atomic E-state index is -5.17. The molecule has 6 nitrogen and oxygen atoms in total. The van der Waals surface area contributed by atoms with Crippen LogP contribution in [0.5, 0.6) is 5.75 Å². The summed E-state index contributed by atoms with van der Waals surface area (Å²) in [7, 11) is 0.719. The Kier molecular flexibility index (Phi) is 7.94. The molecule has 0 saturated heterocycles. The van der Waals surface area contributed by atoms with Crippen LogP contribution in [0.25, 0.3) is 5.57 Å². The van der Waals surface area contributed by atoms with Gasteiger partial charge in [0.25, 0.3) is 0 Å². The third-order valence-corrected chi connectivity index (χ3v) is 5.26. The Morgan fingerprint density at radius 1 is 1.18 bits per heavy atom. The lowest BCUT2D eigenvalue weighted by Gasteiger charge is -2.24. The summed E-state index contributed by atoms with van der Waals surface area (Å²) in [5.74, 6) is 0.838. The first kappa shape index (κ1) is 22.7. The smallest absolute Gasteiger partial charge is 0.134 e. The van der Waals surface area contributed by atoms with Crippen molar-refractivity contribution in [1.29, 1.82) is 0 Å². The number of benzene rings is 2. The molecule has 1 aliphatic heterocycles. The van der Waals surface area contributed by atoms with E-state index in [4.69, 9.17) is 33.9 Å². The summed E-state index contributed by atoms with van der Waals surface area (Å²) < 4.78 is 39.6. The molecule has 0 aliphatic carbocycles. The molecule has 0 radical (unpaired) electrons. The SMILES string of the molecule is COc1cc(Cl)cc2c1Sc1ccccc1/C2=C\CCN(C)C.O=S(=O)([O-])[O-]. The fraction of sp³-hybridized carbons (Fsp3) is 0.263. The monoisotopic (exact) mass is 441 g/mol. The van der Waals surface area contributed by atoms with Crippen LogP contribution in [0, 0.1) is 0 Å². The molecule has 9 heteroatoms. The highest BCUT2D eigenvalue weighted by atomic mass is 35.5. The molecule has 0 aromatic heterocycles. The van der Waals surface area contributed by atoms with Gasteiger partial charge in [-0.05, 0) is 49.9 Å². The summed E-state index contributed by atoms with van der Waals surface area (Å²) in [5.41, 5.74) is 3.68.